The van der Waals surface area contributed by atoms with Gasteiger partial charge in [-0.15, -0.1) is 0 Å². The SMILES string of the molecule is COc1cccc(CCNC(=O)CN(CCc2ccc(F)cc2)C(C)=O)c1. The van der Waals surface area contributed by atoms with Crippen molar-refractivity contribution in [2.24, 2.45) is 0 Å². The first-order valence-electron chi connectivity index (χ1n) is 8.87. The van der Waals surface area contributed by atoms with Crippen molar-refractivity contribution in [1.82, 2.24) is 10.2 Å². The van der Waals surface area contributed by atoms with Gasteiger partial charge in [0.15, 0.2) is 0 Å². The van der Waals surface area contributed by atoms with Gasteiger partial charge in [0.05, 0.1) is 13.7 Å². The Morgan fingerprint density at radius 3 is 2.48 bits per heavy atom. The van der Waals surface area contributed by atoms with Crippen molar-refractivity contribution in [2.75, 3.05) is 26.7 Å². The number of hydrogen-bond acceptors (Lipinski definition) is 3. The highest BCUT2D eigenvalue weighted by Gasteiger charge is 2.13. The van der Waals surface area contributed by atoms with E-state index in [9.17, 15) is 14.0 Å². The lowest BCUT2D eigenvalue weighted by atomic mass is 10.1. The molecule has 0 aliphatic rings. The van der Waals surface area contributed by atoms with Crippen molar-refractivity contribution in [3.8, 4) is 5.75 Å². The summed E-state index contributed by atoms with van der Waals surface area (Å²) in [6, 6.07) is 13.8. The molecule has 2 rings (SSSR count). The molecule has 0 aliphatic carbocycles. The maximum Gasteiger partial charge on any atom is 0.239 e. The van der Waals surface area contributed by atoms with Crippen LogP contribution in [0.3, 0.4) is 0 Å². The second-order valence-corrected chi connectivity index (χ2v) is 6.27. The zero-order valence-corrected chi connectivity index (χ0v) is 15.7. The number of carbonyl (C=O) groups is 2. The number of hydrogen-bond donors (Lipinski definition) is 1. The number of nitrogens with one attached hydrogen (secondary N) is 1. The van der Waals surface area contributed by atoms with Crippen molar-refractivity contribution in [3.05, 3.63) is 65.5 Å². The Balaban J connectivity index is 1.78. The van der Waals surface area contributed by atoms with E-state index in [4.69, 9.17) is 4.74 Å². The van der Waals surface area contributed by atoms with E-state index in [0.717, 1.165) is 16.9 Å². The summed E-state index contributed by atoms with van der Waals surface area (Å²) in [5.74, 6) is 0.118. The van der Waals surface area contributed by atoms with E-state index in [1.54, 1.807) is 19.2 Å². The van der Waals surface area contributed by atoms with Gasteiger partial charge in [-0.25, -0.2) is 4.39 Å². The number of nitrogens with zero attached hydrogens (tertiary/aromatic N) is 1. The van der Waals surface area contributed by atoms with E-state index in [0.29, 0.717) is 25.9 Å². The fourth-order valence-electron chi connectivity index (χ4n) is 2.67. The van der Waals surface area contributed by atoms with Crippen LogP contribution < -0.4 is 10.1 Å². The molecular formula is C21H25FN2O3. The van der Waals surface area contributed by atoms with Crippen LogP contribution in [0.2, 0.25) is 0 Å². The van der Waals surface area contributed by atoms with Crippen molar-refractivity contribution in [3.63, 3.8) is 0 Å². The highest BCUT2D eigenvalue weighted by Crippen LogP contribution is 2.12. The largest absolute Gasteiger partial charge is 0.497 e. The standard InChI is InChI=1S/C21H25FN2O3/c1-16(25)24(13-11-17-6-8-19(22)9-7-17)15-21(26)23-12-10-18-4-3-5-20(14-18)27-2/h3-9,14H,10-13,15H2,1-2H3,(H,23,26). The molecule has 0 fully saturated rings. The average molecular weight is 372 g/mol. The van der Waals surface area contributed by atoms with Crippen molar-refractivity contribution in [2.45, 2.75) is 19.8 Å². The van der Waals surface area contributed by atoms with Crippen LogP contribution in [0.15, 0.2) is 48.5 Å². The van der Waals surface area contributed by atoms with Gasteiger partial charge >= 0.3 is 0 Å². The van der Waals surface area contributed by atoms with Gasteiger partial charge in [0, 0.05) is 20.0 Å². The fraction of sp³-hybridized carbons (Fsp3) is 0.333. The molecule has 0 heterocycles. The van der Waals surface area contributed by atoms with Gasteiger partial charge in [-0.3, -0.25) is 9.59 Å². The maximum absolute atomic E-state index is 12.9. The summed E-state index contributed by atoms with van der Waals surface area (Å²) in [5.41, 5.74) is 1.98. The minimum atomic E-state index is -0.294. The van der Waals surface area contributed by atoms with Crippen LogP contribution in [0.4, 0.5) is 4.39 Å². The van der Waals surface area contributed by atoms with Crippen molar-refractivity contribution in [1.29, 1.82) is 0 Å². The molecule has 1 N–H and O–H groups in total. The molecule has 0 unspecified atom stereocenters. The molecule has 0 aliphatic heterocycles. The zero-order valence-electron chi connectivity index (χ0n) is 15.7. The van der Waals surface area contributed by atoms with Crippen LogP contribution in [0.5, 0.6) is 5.75 Å². The van der Waals surface area contributed by atoms with Gasteiger partial charge in [0.2, 0.25) is 11.8 Å². The lowest BCUT2D eigenvalue weighted by molar-refractivity contribution is -0.134. The Morgan fingerprint density at radius 2 is 1.81 bits per heavy atom. The molecular weight excluding hydrogens is 347 g/mol. The number of benzene rings is 2. The molecule has 0 radical (unpaired) electrons. The van der Waals surface area contributed by atoms with Crippen LogP contribution in [-0.2, 0) is 22.4 Å². The van der Waals surface area contributed by atoms with E-state index >= 15 is 0 Å². The van der Waals surface area contributed by atoms with Gasteiger partial charge in [-0.1, -0.05) is 24.3 Å². The van der Waals surface area contributed by atoms with E-state index in [2.05, 4.69) is 5.32 Å². The summed E-state index contributed by atoms with van der Waals surface area (Å²) < 4.78 is 18.1. The monoisotopic (exact) mass is 372 g/mol. The first kappa shape index (κ1) is 20.4. The van der Waals surface area contributed by atoms with Crippen LogP contribution in [0, 0.1) is 5.82 Å². The Labute approximate surface area is 159 Å². The first-order chi connectivity index (χ1) is 13.0. The van der Waals surface area contributed by atoms with Gasteiger partial charge < -0.3 is 15.0 Å². The molecule has 0 saturated heterocycles. The van der Waals surface area contributed by atoms with E-state index in [1.165, 1.54) is 24.0 Å². The summed E-state index contributed by atoms with van der Waals surface area (Å²) in [7, 11) is 1.61. The van der Waals surface area contributed by atoms with Crippen LogP contribution in [-0.4, -0.2) is 43.5 Å². The molecule has 2 aromatic rings. The van der Waals surface area contributed by atoms with Gasteiger partial charge in [0.25, 0.3) is 0 Å². The molecule has 5 nitrogen and oxygen atoms in total. The molecule has 6 heteroatoms. The minimum Gasteiger partial charge on any atom is -0.497 e. The molecule has 0 bridgehead atoms. The van der Waals surface area contributed by atoms with Crippen LogP contribution in [0.25, 0.3) is 0 Å². The molecule has 0 saturated carbocycles. The Kier molecular flexibility index (Phi) is 7.79. The zero-order chi connectivity index (χ0) is 19.6. The highest BCUT2D eigenvalue weighted by atomic mass is 19.1. The Morgan fingerprint density at radius 1 is 1.07 bits per heavy atom. The Hall–Kier alpha value is -2.89. The molecule has 2 amide bonds. The summed E-state index contributed by atoms with van der Waals surface area (Å²) in [4.78, 5) is 25.4. The molecule has 2 aromatic carbocycles. The lowest BCUT2D eigenvalue weighted by Crippen LogP contribution is -2.41. The van der Waals surface area contributed by atoms with Crippen LogP contribution in [0.1, 0.15) is 18.1 Å². The number of amides is 2. The summed E-state index contributed by atoms with van der Waals surface area (Å²) >= 11 is 0. The lowest BCUT2D eigenvalue weighted by Gasteiger charge is -2.20. The molecule has 0 atom stereocenters. The molecule has 27 heavy (non-hydrogen) atoms. The third-order valence-electron chi connectivity index (χ3n) is 4.23. The normalized spacial score (nSPS) is 10.3. The van der Waals surface area contributed by atoms with Gasteiger partial charge in [-0.05, 0) is 48.2 Å². The number of halogens is 1. The summed E-state index contributed by atoms with van der Waals surface area (Å²) in [6.07, 6.45) is 1.25. The topological polar surface area (TPSA) is 58.6 Å². The minimum absolute atomic E-state index is 0.00857. The van der Waals surface area contributed by atoms with Crippen molar-refractivity contribution < 1.29 is 18.7 Å². The summed E-state index contributed by atoms with van der Waals surface area (Å²) in [5, 5.41) is 2.84. The van der Waals surface area contributed by atoms with E-state index in [1.807, 2.05) is 24.3 Å². The summed E-state index contributed by atoms with van der Waals surface area (Å²) in [6.45, 7) is 2.34. The van der Waals surface area contributed by atoms with Crippen molar-refractivity contribution >= 4 is 11.8 Å². The quantitative estimate of drug-likeness (QED) is 0.736. The first-order valence-corrected chi connectivity index (χ1v) is 8.87. The van der Waals surface area contributed by atoms with Gasteiger partial charge in [-0.2, -0.15) is 0 Å². The average Bonchev–Trinajstić information content (AvgIpc) is 2.66. The predicted octanol–water partition coefficient (Wildman–Crippen LogP) is 2.58. The molecule has 0 spiro atoms. The number of methoxy groups -OCH3 is 1. The second kappa shape index (κ2) is 10.3. The Bertz CT molecular complexity index is 762. The third-order valence-corrected chi connectivity index (χ3v) is 4.23. The number of carbonyl (C=O) groups excluding carboxylic acids is 2. The van der Waals surface area contributed by atoms with E-state index < -0.39 is 0 Å². The smallest absolute Gasteiger partial charge is 0.239 e. The van der Waals surface area contributed by atoms with E-state index in [-0.39, 0.29) is 24.2 Å². The molecule has 144 valence electrons. The highest BCUT2D eigenvalue weighted by molar-refractivity contribution is 5.83. The third kappa shape index (κ3) is 7.09. The fourth-order valence-corrected chi connectivity index (χ4v) is 2.67. The number of ether oxygens (including phenoxy) is 1. The van der Waals surface area contributed by atoms with Crippen LogP contribution >= 0.6 is 0 Å². The predicted molar refractivity (Wildman–Crippen MR) is 102 cm³/mol. The molecule has 0 aromatic heterocycles. The maximum atomic E-state index is 12.9. The number of rotatable bonds is 9. The van der Waals surface area contributed by atoms with Gasteiger partial charge in [0.1, 0.15) is 11.6 Å². The second-order valence-electron chi connectivity index (χ2n) is 6.27.